The molecule has 1 atom stereocenters. The molecule has 19 nitrogen and oxygen atoms in total. The smallest absolute Gasteiger partial charge is 0.324 e. The van der Waals surface area contributed by atoms with Crippen molar-refractivity contribution in [1.82, 2.24) is 45.0 Å². The summed E-state index contributed by atoms with van der Waals surface area (Å²) in [6, 6.07) is 18.7. The van der Waals surface area contributed by atoms with Crippen LogP contribution in [0.5, 0.6) is 5.75 Å². The van der Waals surface area contributed by atoms with Crippen LogP contribution in [0.25, 0.3) is 16.7 Å². The van der Waals surface area contributed by atoms with Gasteiger partial charge in [0.05, 0.1) is 54.2 Å². The predicted octanol–water partition coefficient (Wildman–Crippen LogP) is 5.60. The van der Waals surface area contributed by atoms with Gasteiger partial charge in [0.25, 0.3) is 11.8 Å². The molecule has 0 saturated carbocycles. The van der Waals surface area contributed by atoms with E-state index < -0.39 is 29.7 Å². The lowest BCUT2D eigenvalue weighted by Crippen LogP contribution is -2.54. The lowest BCUT2D eigenvalue weighted by atomic mass is 9.92. The Balaban J connectivity index is 0.704. The number of aryl methyl sites for hydroxylation is 1. The number of amides is 6. The van der Waals surface area contributed by atoms with Gasteiger partial charge in [-0.25, -0.2) is 14.5 Å². The van der Waals surface area contributed by atoms with E-state index in [0.717, 1.165) is 64.4 Å². The van der Waals surface area contributed by atoms with E-state index >= 15 is 0 Å². The molecule has 8 rings (SSSR count). The first-order valence-electron chi connectivity index (χ1n) is 21.3. The number of nitrogens with zero attached hydrogens (tertiary/aromatic N) is 7. The van der Waals surface area contributed by atoms with E-state index in [-0.39, 0.29) is 35.4 Å². The molecule has 6 aromatic rings. The van der Waals surface area contributed by atoms with Crippen LogP contribution in [-0.4, -0.2) is 102 Å². The van der Waals surface area contributed by atoms with Crippen LogP contribution in [0.2, 0.25) is 0 Å². The fourth-order valence-corrected chi connectivity index (χ4v) is 7.56. The first kappa shape index (κ1) is 43.2. The minimum atomic E-state index is -1.02. The first-order valence-corrected chi connectivity index (χ1v) is 21.3. The summed E-state index contributed by atoms with van der Waals surface area (Å²) >= 11 is 0. The SMILES string of the molecule is CC(C)(C)c1cc(NC(=O)Nc2ccc(-n3cnc4cc(OCCCCCc5cn(CCOCCNc6cccc7c6C(=O)N(C6CCC(=O)NC6=O)C7=O)nn5)ccc43)cc2)n[nH]1. The molecule has 332 valence electrons. The number of rotatable bonds is 18. The Morgan fingerprint density at radius 2 is 1.77 bits per heavy atom. The number of anilines is 3. The first-order chi connectivity index (χ1) is 30.9. The zero-order valence-electron chi connectivity index (χ0n) is 35.8. The van der Waals surface area contributed by atoms with Crippen molar-refractivity contribution in [2.75, 3.05) is 42.3 Å². The number of hydrogen-bond acceptors (Lipinski definition) is 12. The highest BCUT2D eigenvalue weighted by Gasteiger charge is 2.45. The van der Waals surface area contributed by atoms with Crippen LogP contribution in [-0.2, 0) is 32.7 Å². The van der Waals surface area contributed by atoms with Gasteiger partial charge in [-0.1, -0.05) is 32.1 Å². The molecular formula is C45H50N12O7. The number of H-pyrrole nitrogens is 1. The quantitative estimate of drug-likeness (QED) is 0.0525. The normalized spacial score (nSPS) is 15.1. The number of imide groups is 2. The van der Waals surface area contributed by atoms with Gasteiger partial charge in [-0.2, -0.15) is 5.10 Å². The number of urea groups is 1. The topological polar surface area (TPSA) is 232 Å². The molecule has 0 bridgehead atoms. The summed E-state index contributed by atoms with van der Waals surface area (Å²) in [5.41, 5.74) is 5.93. The van der Waals surface area contributed by atoms with Crippen LogP contribution < -0.4 is 26.0 Å². The van der Waals surface area contributed by atoms with E-state index in [2.05, 4.69) is 67.5 Å². The zero-order valence-corrected chi connectivity index (χ0v) is 35.8. The molecule has 5 N–H and O–H groups in total. The molecule has 2 aliphatic rings. The standard InChI is InChI=1S/C45H50N12O7/c1-45(2,3)37-25-38(53-52-37)49-44(62)48-28-11-13-30(14-12-28)56-27-47-34-24-31(15-16-35(34)56)64-21-6-4-5-8-29-26-55(54-51-29)20-23-63-22-19-46-33-10-7-9-32-40(33)43(61)57(42(32)60)36-17-18-39(58)50-41(36)59/h7,9-16,24-27,36,46H,4-6,8,17-23H2,1-3H3,(H,50,58,59)(H3,48,49,52,53,62). The van der Waals surface area contributed by atoms with Crippen molar-refractivity contribution in [2.45, 2.75) is 77.3 Å². The molecule has 5 heterocycles. The largest absolute Gasteiger partial charge is 0.494 e. The number of carbonyl (C=O) groups excluding carboxylic acids is 5. The molecule has 0 spiro atoms. The summed E-state index contributed by atoms with van der Waals surface area (Å²) < 4.78 is 15.6. The summed E-state index contributed by atoms with van der Waals surface area (Å²) in [6.45, 7) is 8.43. The zero-order chi connectivity index (χ0) is 44.8. The van der Waals surface area contributed by atoms with Crippen molar-refractivity contribution < 1.29 is 33.4 Å². The summed E-state index contributed by atoms with van der Waals surface area (Å²) in [4.78, 5) is 68.4. The Labute approximate surface area is 368 Å². The van der Waals surface area contributed by atoms with E-state index in [0.29, 0.717) is 50.1 Å². The maximum absolute atomic E-state index is 13.3. The molecule has 19 heteroatoms. The van der Waals surface area contributed by atoms with Crippen LogP contribution in [0.4, 0.5) is 22.0 Å². The molecule has 1 fully saturated rings. The molecule has 0 radical (unpaired) electrons. The molecular weight excluding hydrogens is 821 g/mol. The van der Waals surface area contributed by atoms with E-state index in [9.17, 15) is 24.0 Å². The summed E-state index contributed by atoms with van der Waals surface area (Å²) in [5.74, 6) is -0.961. The number of benzene rings is 3. The van der Waals surface area contributed by atoms with Gasteiger partial charge in [-0.3, -0.25) is 44.4 Å². The second-order valence-corrected chi connectivity index (χ2v) is 16.7. The summed E-state index contributed by atoms with van der Waals surface area (Å²) in [5, 5.41) is 26.7. The number of hydrogen-bond donors (Lipinski definition) is 5. The Morgan fingerprint density at radius 1 is 0.922 bits per heavy atom. The fourth-order valence-electron chi connectivity index (χ4n) is 7.56. The number of fused-ring (bicyclic) bond motifs is 2. The van der Waals surface area contributed by atoms with Gasteiger partial charge in [0.1, 0.15) is 18.1 Å². The molecule has 3 aromatic carbocycles. The highest BCUT2D eigenvalue weighted by molar-refractivity contribution is 6.25. The molecule has 1 saturated heterocycles. The number of ether oxygens (including phenoxy) is 2. The van der Waals surface area contributed by atoms with Crippen molar-refractivity contribution in [2.24, 2.45) is 0 Å². The Morgan fingerprint density at radius 3 is 2.56 bits per heavy atom. The van der Waals surface area contributed by atoms with Gasteiger partial charge in [-0.05, 0) is 80.6 Å². The third-order valence-electron chi connectivity index (χ3n) is 11.0. The maximum Gasteiger partial charge on any atom is 0.324 e. The van der Waals surface area contributed by atoms with E-state index in [1.165, 1.54) is 0 Å². The van der Waals surface area contributed by atoms with Crippen molar-refractivity contribution >= 4 is 57.9 Å². The Hall–Kier alpha value is -7.41. The number of unbranched alkanes of at least 4 members (excludes halogenated alkanes) is 2. The third-order valence-corrected chi connectivity index (χ3v) is 11.0. The van der Waals surface area contributed by atoms with Crippen molar-refractivity contribution in [3.8, 4) is 11.4 Å². The fraction of sp³-hybridized carbons (Fsp3) is 0.356. The van der Waals surface area contributed by atoms with Gasteiger partial charge < -0.3 is 20.1 Å². The van der Waals surface area contributed by atoms with Crippen LogP contribution in [0.15, 0.2) is 79.3 Å². The van der Waals surface area contributed by atoms with Gasteiger partial charge in [0.15, 0.2) is 5.82 Å². The second kappa shape index (κ2) is 18.9. The van der Waals surface area contributed by atoms with Crippen LogP contribution in [0, 0.1) is 0 Å². The van der Waals surface area contributed by atoms with Gasteiger partial charge in [0, 0.05) is 59.5 Å². The number of piperidine rings is 1. The van der Waals surface area contributed by atoms with Gasteiger partial charge >= 0.3 is 6.03 Å². The highest BCUT2D eigenvalue weighted by atomic mass is 16.5. The van der Waals surface area contributed by atoms with Crippen LogP contribution in [0.3, 0.4) is 0 Å². The summed E-state index contributed by atoms with van der Waals surface area (Å²) in [7, 11) is 0. The third kappa shape index (κ3) is 9.94. The number of aromatic nitrogens is 7. The average molecular weight is 871 g/mol. The van der Waals surface area contributed by atoms with Gasteiger partial charge in [-0.15, -0.1) is 5.10 Å². The predicted molar refractivity (Wildman–Crippen MR) is 236 cm³/mol. The van der Waals surface area contributed by atoms with Crippen molar-refractivity contribution in [3.05, 3.63) is 102 Å². The molecule has 1 unspecified atom stereocenters. The number of imidazole rings is 1. The second-order valence-electron chi connectivity index (χ2n) is 16.7. The Bertz CT molecular complexity index is 2680. The lowest BCUT2D eigenvalue weighted by molar-refractivity contribution is -0.136. The lowest BCUT2D eigenvalue weighted by Gasteiger charge is -2.27. The van der Waals surface area contributed by atoms with E-state index in [4.69, 9.17) is 9.47 Å². The van der Waals surface area contributed by atoms with Gasteiger partial charge in [0.2, 0.25) is 11.8 Å². The minimum absolute atomic E-state index is 0.0616. The molecule has 64 heavy (non-hydrogen) atoms. The highest BCUT2D eigenvalue weighted by Crippen LogP contribution is 2.32. The van der Waals surface area contributed by atoms with Crippen molar-refractivity contribution in [1.29, 1.82) is 0 Å². The van der Waals surface area contributed by atoms with Crippen LogP contribution >= 0.6 is 0 Å². The minimum Gasteiger partial charge on any atom is -0.494 e. The number of nitrogens with one attached hydrogen (secondary N) is 5. The Kier molecular flexibility index (Phi) is 12.8. The monoisotopic (exact) mass is 870 g/mol. The van der Waals surface area contributed by atoms with E-state index in [1.807, 2.05) is 59.3 Å². The maximum atomic E-state index is 13.3. The number of carbonyl (C=O) groups is 5. The molecule has 0 aliphatic carbocycles. The average Bonchev–Trinajstić information content (AvgIpc) is 4.08. The molecule has 3 aromatic heterocycles. The van der Waals surface area contributed by atoms with E-state index in [1.54, 1.807) is 29.2 Å². The molecule has 6 amide bonds. The number of aromatic amines is 1. The van der Waals surface area contributed by atoms with Crippen molar-refractivity contribution in [3.63, 3.8) is 0 Å². The molecule has 2 aliphatic heterocycles. The summed E-state index contributed by atoms with van der Waals surface area (Å²) in [6.07, 6.45) is 7.44. The van der Waals surface area contributed by atoms with Crippen LogP contribution in [0.1, 0.15) is 85.0 Å².